The first kappa shape index (κ1) is 25.0. The van der Waals surface area contributed by atoms with Crippen molar-refractivity contribution >= 4 is 5.78 Å². The minimum atomic E-state index is 0.100. The van der Waals surface area contributed by atoms with Gasteiger partial charge in [0.15, 0.2) is 5.78 Å². The zero-order valence-electron chi connectivity index (χ0n) is 20.5. The van der Waals surface area contributed by atoms with E-state index >= 15 is 0 Å². The molecule has 2 aromatic carbocycles. The molecule has 2 atom stereocenters. The molecule has 6 heteroatoms. The summed E-state index contributed by atoms with van der Waals surface area (Å²) in [6, 6.07) is 21.8. The Morgan fingerprint density at radius 3 is 2.31 bits per heavy atom. The number of nitrogens with zero attached hydrogens (tertiary/aromatic N) is 3. The van der Waals surface area contributed by atoms with Crippen LogP contribution in [0.3, 0.4) is 0 Å². The molecule has 4 rings (SSSR count). The maximum atomic E-state index is 13.0. The predicted octanol–water partition coefficient (Wildman–Crippen LogP) is 4.37. The van der Waals surface area contributed by atoms with Gasteiger partial charge in [-0.15, -0.1) is 0 Å². The van der Waals surface area contributed by atoms with E-state index < -0.39 is 0 Å². The fourth-order valence-electron chi connectivity index (χ4n) is 4.94. The summed E-state index contributed by atoms with van der Waals surface area (Å²) in [5.74, 6) is 0.361. The van der Waals surface area contributed by atoms with Gasteiger partial charge in [-0.25, -0.2) is 0 Å². The molecule has 0 amide bonds. The number of pyridine rings is 1. The maximum Gasteiger partial charge on any atom is 0.176 e. The van der Waals surface area contributed by atoms with Crippen molar-refractivity contribution in [3.63, 3.8) is 0 Å². The molecular formula is C29H36N4O2. The quantitative estimate of drug-likeness (QED) is 0.426. The Bertz CT molecular complexity index is 1090. The van der Waals surface area contributed by atoms with Crippen LogP contribution in [-0.2, 0) is 19.6 Å². The second-order valence-corrected chi connectivity index (χ2v) is 9.67. The van der Waals surface area contributed by atoms with E-state index in [2.05, 4.69) is 39.0 Å². The number of Topliss-reactive ketones (excluding diaryl/α,β-unsaturated/α-hetero) is 1. The number of aromatic nitrogens is 1. The topological polar surface area (TPSA) is 82.7 Å². The Kier molecular flexibility index (Phi) is 8.64. The second-order valence-electron chi connectivity index (χ2n) is 9.67. The first-order chi connectivity index (χ1) is 17.0. The molecule has 184 valence electrons. The summed E-state index contributed by atoms with van der Waals surface area (Å²) in [5.41, 5.74) is 10.3. The van der Waals surface area contributed by atoms with Crippen LogP contribution in [0.25, 0.3) is 0 Å². The molecule has 0 saturated heterocycles. The fourth-order valence-corrected chi connectivity index (χ4v) is 4.94. The van der Waals surface area contributed by atoms with E-state index in [0.29, 0.717) is 25.3 Å². The smallest absolute Gasteiger partial charge is 0.176 e. The van der Waals surface area contributed by atoms with Crippen LogP contribution in [0.5, 0.6) is 5.75 Å². The van der Waals surface area contributed by atoms with Gasteiger partial charge in [0.25, 0.3) is 0 Å². The van der Waals surface area contributed by atoms with Crippen LogP contribution < -0.4 is 5.73 Å². The van der Waals surface area contributed by atoms with Gasteiger partial charge in [0.2, 0.25) is 0 Å². The van der Waals surface area contributed by atoms with Gasteiger partial charge >= 0.3 is 0 Å². The summed E-state index contributed by atoms with van der Waals surface area (Å²) < 4.78 is 0. The van der Waals surface area contributed by atoms with E-state index in [1.54, 1.807) is 18.3 Å². The third kappa shape index (κ3) is 6.98. The predicted molar refractivity (Wildman–Crippen MR) is 139 cm³/mol. The summed E-state index contributed by atoms with van der Waals surface area (Å²) in [4.78, 5) is 21.7. The average molecular weight is 473 g/mol. The van der Waals surface area contributed by atoms with Gasteiger partial charge in [-0.3, -0.25) is 19.6 Å². The van der Waals surface area contributed by atoms with Crippen LogP contribution in [-0.4, -0.2) is 51.3 Å². The highest BCUT2D eigenvalue weighted by molar-refractivity contribution is 5.97. The Balaban J connectivity index is 1.41. The summed E-state index contributed by atoms with van der Waals surface area (Å²) in [6.45, 7) is 2.40. The summed E-state index contributed by atoms with van der Waals surface area (Å²) in [5, 5.41) is 9.98. The van der Waals surface area contributed by atoms with Gasteiger partial charge in [0, 0.05) is 43.5 Å². The zero-order valence-corrected chi connectivity index (χ0v) is 20.5. The number of hydrogen-bond donors (Lipinski definition) is 2. The van der Waals surface area contributed by atoms with Gasteiger partial charge in [0.1, 0.15) is 5.75 Å². The third-order valence-electron chi connectivity index (χ3n) is 6.84. The second kappa shape index (κ2) is 12.1. The highest BCUT2D eigenvalue weighted by atomic mass is 16.3. The number of rotatable bonds is 10. The minimum absolute atomic E-state index is 0.100. The number of nitrogens with two attached hydrogens (primary N) is 1. The number of benzene rings is 2. The van der Waals surface area contributed by atoms with Crippen molar-refractivity contribution < 1.29 is 9.90 Å². The average Bonchev–Trinajstić information content (AvgIpc) is 2.87. The minimum Gasteiger partial charge on any atom is -0.506 e. The standard InChI is InChI=1S/C29H36N4O2/c1-32(20-26-28(34)12-7-17-31-26)18-22-13-15-23(16-14-22)19-33(27-11-6-5-10-25(27)30)21-29(35)24-8-3-2-4-9-24/h2-4,7-9,12-17,25,27,34H,5-6,10-11,18-21,30H2,1H3/t25-,27+/m0/s1. The molecule has 0 bridgehead atoms. The number of ketones is 1. The van der Waals surface area contributed by atoms with Crippen LogP contribution in [0.1, 0.15) is 52.9 Å². The van der Waals surface area contributed by atoms with Crippen molar-refractivity contribution in [3.05, 3.63) is 95.3 Å². The molecule has 1 saturated carbocycles. The van der Waals surface area contributed by atoms with E-state index in [9.17, 15) is 9.90 Å². The summed E-state index contributed by atoms with van der Waals surface area (Å²) in [7, 11) is 2.02. The van der Waals surface area contributed by atoms with Crippen LogP contribution in [0.2, 0.25) is 0 Å². The molecule has 1 aromatic heterocycles. The number of hydrogen-bond acceptors (Lipinski definition) is 6. The monoisotopic (exact) mass is 472 g/mol. The summed E-state index contributed by atoms with van der Waals surface area (Å²) >= 11 is 0. The molecule has 0 radical (unpaired) electrons. The van der Waals surface area contributed by atoms with Gasteiger partial charge in [-0.2, -0.15) is 0 Å². The number of carbonyl (C=O) groups excluding carboxylic acids is 1. The van der Waals surface area contributed by atoms with Crippen molar-refractivity contribution in [1.29, 1.82) is 0 Å². The van der Waals surface area contributed by atoms with Crippen molar-refractivity contribution in [2.45, 2.75) is 57.4 Å². The normalized spacial score (nSPS) is 18.2. The van der Waals surface area contributed by atoms with Gasteiger partial charge < -0.3 is 10.8 Å². The van der Waals surface area contributed by atoms with E-state index in [-0.39, 0.29) is 23.6 Å². The zero-order chi connectivity index (χ0) is 24.6. The number of aromatic hydroxyl groups is 1. The van der Waals surface area contributed by atoms with Crippen molar-refractivity contribution in [1.82, 2.24) is 14.8 Å². The lowest BCUT2D eigenvalue weighted by Crippen LogP contribution is -2.50. The first-order valence-electron chi connectivity index (χ1n) is 12.5. The van der Waals surface area contributed by atoms with E-state index in [1.807, 2.05) is 37.4 Å². The van der Waals surface area contributed by atoms with Gasteiger partial charge in [-0.1, -0.05) is 67.4 Å². The van der Waals surface area contributed by atoms with Crippen molar-refractivity contribution in [2.75, 3.05) is 13.6 Å². The van der Waals surface area contributed by atoms with Crippen LogP contribution in [0, 0.1) is 0 Å². The SMILES string of the molecule is CN(Cc1ccc(CN(CC(=O)c2ccccc2)[C@@H]2CCCC[C@@H]2N)cc1)Cc1ncccc1O. The van der Waals surface area contributed by atoms with E-state index in [1.165, 1.54) is 11.1 Å². The molecule has 0 spiro atoms. The fraction of sp³-hybridized carbons (Fsp3) is 0.379. The van der Waals surface area contributed by atoms with Crippen molar-refractivity contribution in [2.24, 2.45) is 5.73 Å². The Labute approximate surface area is 208 Å². The molecule has 3 aromatic rings. The van der Waals surface area contributed by atoms with Gasteiger partial charge in [-0.05, 0) is 43.1 Å². The number of carbonyl (C=O) groups is 1. The van der Waals surface area contributed by atoms with Gasteiger partial charge in [0.05, 0.1) is 12.2 Å². The lowest BCUT2D eigenvalue weighted by Gasteiger charge is -2.38. The molecule has 35 heavy (non-hydrogen) atoms. The van der Waals surface area contributed by atoms with Crippen LogP contribution >= 0.6 is 0 Å². The van der Waals surface area contributed by atoms with Crippen molar-refractivity contribution in [3.8, 4) is 5.75 Å². The van der Waals surface area contributed by atoms with Crippen LogP contribution in [0.4, 0.5) is 0 Å². The van der Waals surface area contributed by atoms with E-state index in [4.69, 9.17) is 5.73 Å². The molecular weight excluding hydrogens is 436 g/mol. The third-order valence-corrected chi connectivity index (χ3v) is 6.84. The molecule has 1 fully saturated rings. The lowest BCUT2D eigenvalue weighted by atomic mass is 9.89. The Hall–Kier alpha value is -3.06. The molecule has 0 unspecified atom stereocenters. The molecule has 1 heterocycles. The van der Waals surface area contributed by atoms with E-state index in [0.717, 1.165) is 37.8 Å². The lowest BCUT2D eigenvalue weighted by molar-refractivity contribution is 0.0816. The molecule has 3 N–H and O–H groups in total. The van der Waals surface area contributed by atoms with Crippen LogP contribution in [0.15, 0.2) is 72.9 Å². The molecule has 0 aliphatic heterocycles. The highest BCUT2D eigenvalue weighted by Crippen LogP contribution is 2.24. The first-order valence-corrected chi connectivity index (χ1v) is 12.5. The largest absolute Gasteiger partial charge is 0.506 e. The molecule has 1 aliphatic carbocycles. The highest BCUT2D eigenvalue weighted by Gasteiger charge is 2.29. The Morgan fingerprint density at radius 2 is 1.63 bits per heavy atom. The molecule has 6 nitrogen and oxygen atoms in total. The molecule has 1 aliphatic rings. The summed E-state index contributed by atoms with van der Waals surface area (Å²) in [6.07, 6.45) is 6.07. The Morgan fingerprint density at radius 1 is 0.943 bits per heavy atom. The maximum absolute atomic E-state index is 13.0.